The van der Waals surface area contributed by atoms with Crippen molar-refractivity contribution in [1.82, 2.24) is 4.90 Å². The Labute approximate surface area is 233 Å². The molecule has 0 saturated carbocycles. The first-order chi connectivity index (χ1) is 18.9. The molecule has 1 amide bonds. The summed E-state index contributed by atoms with van der Waals surface area (Å²) < 4.78 is 27.2. The van der Waals surface area contributed by atoms with Crippen LogP contribution in [0.3, 0.4) is 0 Å². The van der Waals surface area contributed by atoms with Gasteiger partial charge in [0.2, 0.25) is 0 Å². The van der Waals surface area contributed by atoms with Gasteiger partial charge in [-0.1, -0.05) is 30.3 Å². The van der Waals surface area contributed by atoms with Gasteiger partial charge < -0.3 is 24.8 Å². The molecule has 3 aromatic rings. The van der Waals surface area contributed by atoms with Crippen molar-refractivity contribution < 1.29 is 28.6 Å². The Bertz CT molecular complexity index is 1510. The van der Waals surface area contributed by atoms with Crippen molar-refractivity contribution in [3.05, 3.63) is 81.2 Å². The largest absolute Gasteiger partial charge is 0.486 e. The normalized spacial score (nSPS) is 15.3. The molecule has 2 N–H and O–H groups in total. The Balaban J connectivity index is 1.77. The quantitative estimate of drug-likeness (QED) is 0.376. The number of ether oxygens (including phenoxy) is 2. The molecule has 0 saturated heterocycles. The average Bonchev–Trinajstić information content (AvgIpc) is 3.23. The van der Waals surface area contributed by atoms with Crippen LogP contribution in [-0.4, -0.2) is 40.6 Å². The number of carboxylic acid groups (broad SMARTS) is 1. The Kier molecular flexibility index (Phi) is 7.08. The average molecular weight is 547 g/mol. The second-order valence-electron chi connectivity index (χ2n) is 11.5. The summed E-state index contributed by atoms with van der Waals surface area (Å²) in [4.78, 5) is 28.4. The number of nitrogens with one attached hydrogen (secondary N) is 1. The van der Waals surface area contributed by atoms with Crippen molar-refractivity contribution in [2.24, 2.45) is 0 Å². The van der Waals surface area contributed by atoms with Gasteiger partial charge >= 0.3 is 5.97 Å². The molecule has 7 nitrogen and oxygen atoms in total. The number of hydrogen-bond acceptors (Lipinski definition) is 5. The van der Waals surface area contributed by atoms with Gasteiger partial charge in [-0.2, -0.15) is 0 Å². The van der Waals surface area contributed by atoms with Gasteiger partial charge in [-0.25, -0.2) is 9.18 Å². The van der Waals surface area contributed by atoms with Crippen molar-refractivity contribution in [1.29, 1.82) is 0 Å². The number of halogens is 1. The third-order valence-corrected chi connectivity index (χ3v) is 7.62. The number of hydrogen-bond donors (Lipinski definition) is 2. The molecule has 0 aliphatic carbocycles. The number of carboxylic acids is 1. The predicted molar refractivity (Wildman–Crippen MR) is 151 cm³/mol. The van der Waals surface area contributed by atoms with Crippen LogP contribution in [0.15, 0.2) is 36.4 Å². The summed E-state index contributed by atoms with van der Waals surface area (Å²) in [7, 11) is 0. The fraction of sp³-hybridized carbons (Fsp3) is 0.375. The summed E-state index contributed by atoms with van der Waals surface area (Å²) in [6.45, 7) is 12.6. The molecule has 2 heterocycles. The lowest BCUT2D eigenvalue weighted by Crippen LogP contribution is -2.29. The van der Waals surface area contributed by atoms with Gasteiger partial charge in [0, 0.05) is 30.8 Å². The van der Waals surface area contributed by atoms with Crippen LogP contribution >= 0.6 is 0 Å². The van der Waals surface area contributed by atoms with Gasteiger partial charge in [-0.15, -0.1) is 0 Å². The number of aliphatic carboxylic acids is 1. The molecule has 5 rings (SSSR count). The number of nitrogens with zero attached hydrogens (tertiary/aromatic N) is 1. The van der Waals surface area contributed by atoms with Gasteiger partial charge in [-0.05, 0) is 86.6 Å². The number of benzene rings is 3. The first-order valence-corrected chi connectivity index (χ1v) is 13.5. The second-order valence-corrected chi connectivity index (χ2v) is 11.5. The van der Waals surface area contributed by atoms with Gasteiger partial charge in [-0.3, -0.25) is 4.79 Å². The zero-order chi connectivity index (χ0) is 28.9. The van der Waals surface area contributed by atoms with E-state index in [1.807, 2.05) is 44.2 Å². The molecule has 2 aliphatic heterocycles. The van der Waals surface area contributed by atoms with Crippen molar-refractivity contribution in [3.8, 4) is 16.9 Å². The van der Waals surface area contributed by atoms with E-state index in [2.05, 4.69) is 5.32 Å². The molecule has 0 aromatic heterocycles. The van der Waals surface area contributed by atoms with Gasteiger partial charge in [0.05, 0.1) is 11.3 Å². The summed E-state index contributed by atoms with van der Waals surface area (Å²) in [5.41, 5.74) is 5.57. The lowest BCUT2D eigenvalue weighted by Gasteiger charge is -2.30. The molecular formula is C32H35FN2O5. The van der Waals surface area contributed by atoms with Crippen LogP contribution in [0.5, 0.6) is 5.75 Å². The number of rotatable bonds is 6. The number of carbonyl (C=O) groups excluding carboxylic acids is 1. The summed E-state index contributed by atoms with van der Waals surface area (Å²) >= 11 is 0. The molecule has 0 unspecified atom stereocenters. The maximum Gasteiger partial charge on any atom is 0.337 e. The third kappa shape index (κ3) is 4.81. The smallest absolute Gasteiger partial charge is 0.337 e. The van der Waals surface area contributed by atoms with Crippen LogP contribution in [0.4, 0.5) is 10.1 Å². The molecular weight excluding hydrogens is 511 g/mol. The lowest BCUT2D eigenvalue weighted by molar-refractivity contribution is -0.160. The molecule has 0 radical (unpaired) electrons. The Morgan fingerprint density at radius 2 is 1.82 bits per heavy atom. The van der Waals surface area contributed by atoms with Gasteiger partial charge in [0.15, 0.2) is 17.7 Å². The topological polar surface area (TPSA) is 88.1 Å². The monoisotopic (exact) mass is 546 g/mol. The molecule has 0 fully saturated rings. The molecule has 0 spiro atoms. The van der Waals surface area contributed by atoms with E-state index in [1.165, 1.54) is 6.07 Å². The van der Waals surface area contributed by atoms with Crippen LogP contribution < -0.4 is 10.1 Å². The van der Waals surface area contributed by atoms with Crippen LogP contribution in [-0.2, 0) is 22.6 Å². The number of anilines is 1. The first-order valence-electron chi connectivity index (χ1n) is 13.5. The Morgan fingerprint density at radius 1 is 1.12 bits per heavy atom. The maximum atomic E-state index is 15.5. The van der Waals surface area contributed by atoms with Crippen molar-refractivity contribution in [3.63, 3.8) is 0 Å². The van der Waals surface area contributed by atoms with E-state index in [1.54, 1.807) is 32.6 Å². The molecule has 2 aliphatic rings. The van der Waals surface area contributed by atoms with Crippen LogP contribution in [0.25, 0.3) is 11.1 Å². The molecule has 0 bridgehead atoms. The predicted octanol–water partition coefficient (Wildman–Crippen LogP) is 6.32. The summed E-state index contributed by atoms with van der Waals surface area (Å²) in [5, 5.41) is 13.7. The molecule has 3 aromatic carbocycles. The van der Waals surface area contributed by atoms with E-state index in [0.29, 0.717) is 59.7 Å². The highest BCUT2D eigenvalue weighted by molar-refractivity contribution is 6.03. The number of amides is 1. The zero-order valence-corrected chi connectivity index (χ0v) is 23.8. The fourth-order valence-corrected chi connectivity index (χ4v) is 5.86. The van der Waals surface area contributed by atoms with Crippen molar-refractivity contribution in [2.75, 3.05) is 18.5 Å². The number of fused-ring (bicyclic) bond motifs is 2. The second kappa shape index (κ2) is 10.2. The molecule has 210 valence electrons. The van der Waals surface area contributed by atoms with Crippen molar-refractivity contribution in [2.45, 2.75) is 66.3 Å². The zero-order valence-electron chi connectivity index (χ0n) is 23.8. The maximum absolute atomic E-state index is 15.5. The third-order valence-electron chi connectivity index (χ3n) is 7.62. The van der Waals surface area contributed by atoms with E-state index in [-0.39, 0.29) is 11.7 Å². The minimum Gasteiger partial charge on any atom is -0.486 e. The van der Waals surface area contributed by atoms with Gasteiger partial charge in [0.25, 0.3) is 5.91 Å². The van der Waals surface area contributed by atoms with E-state index < -0.39 is 23.5 Å². The standard InChI is InChI=1S/C32H35FN2O5/c1-17-22-16-35(15-20-10-8-7-9-11-20)30(36)25(22)19(3)26(29(31(37)38)40-32(4,5)6)24(17)21-14-23(33)28-27(18(21)2)34-12-13-39-28/h7-11,14,29,34H,12-13,15-16H2,1-6H3,(H,37,38)/t29-/m0/s1. The summed E-state index contributed by atoms with van der Waals surface area (Å²) in [6.07, 6.45) is -1.38. The minimum atomic E-state index is -1.38. The fourth-order valence-electron chi connectivity index (χ4n) is 5.86. The van der Waals surface area contributed by atoms with Crippen LogP contribution in [0.1, 0.15) is 70.6 Å². The van der Waals surface area contributed by atoms with E-state index in [4.69, 9.17) is 9.47 Å². The lowest BCUT2D eigenvalue weighted by atomic mass is 9.81. The summed E-state index contributed by atoms with van der Waals surface area (Å²) in [6, 6.07) is 11.1. The highest BCUT2D eigenvalue weighted by atomic mass is 19.1. The van der Waals surface area contributed by atoms with Crippen LogP contribution in [0, 0.1) is 26.6 Å². The Morgan fingerprint density at radius 3 is 2.48 bits per heavy atom. The Hall–Kier alpha value is -3.91. The molecule has 40 heavy (non-hydrogen) atoms. The molecule has 1 atom stereocenters. The highest BCUT2D eigenvalue weighted by Gasteiger charge is 2.39. The van der Waals surface area contributed by atoms with E-state index in [0.717, 1.165) is 22.3 Å². The number of carbonyl (C=O) groups is 2. The van der Waals surface area contributed by atoms with Crippen molar-refractivity contribution >= 4 is 17.6 Å². The first kappa shape index (κ1) is 27.6. The minimum absolute atomic E-state index is 0.157. The van der Waals surface area contributed by atoms with E-state index in [9.17, 15) is 14.7 Å². The highest BCUT2D eigenvalue weighted by Crippen LogP contribution is 2.47. The van der Waals surface area contributed by atoms with E-state index >= 15 is 4.39 Å². The van der Waals surface area contributed by atoms with Gasteiger partial charge in [0.1, 0.15) is 6.61 Å². The summed E-state index contributed by atoms with van der Waals surface area (Å²) in [5.74, 6) is -1.70. The SMILES string of the molecule is Cc1c(-c2c(C)c3c(c(C)c2[C@H](OC(C)(C)C)C(=O)O)C(=O)N(Cc2ccccc2)C3)cc(F)c2c1NCCO2. The molecule has 8 heteroatoms. The van der Waals surface area contributed by atoms with Crippen LogP contribution in [0.2, 0.25) is 0 Å².